The molecule has 1 atom stereocenters. The Bertz CT molecular complexity index is 212. The third-order valence-electron chi connectivity index (χ3n) is 4.39. The first-order valence-corrected chi connectivity index (χ1v) is 9.36. The van der Waals surface area contributed by atoms with Gasteiger partial charge in [-0.3, -0.25) is 4.90 Å². The molecular weight excluding hydrogens is 292 g/mol. The monoisotopic (exact) mass is 334 g/mol. The SMILES string of the molecule is CCCCCCCCCCCCC(CO)N(CCO)CCO.N. The lowest BCUT2D eigenvalue weighted by Gasteiger charge is -2.29. The number of hydrogen-bond donors (Lipinski definition) is 4. The van der Waals surface area contributed by atoms with Crippen molar-refractivity contribution in [3.05, 3.63) is 0 Å². The zero-order chi connectivity index (χ0) is 16.5. The molecule has 0 aliphatic rings. The lowest BCUT2D eigenvalue weighted by Crippen LogP contribution is -2.41. The molecule has 0 aromatic carbocycles. The van der Waals surface area contributed by atoms with Crippen LogP contribution in [0.4, 0.5) is 0 Å². The molecule has 5 nitrogen and oxygen atoms in total. The fraction of sp³-hybridized carbons (Fsp3) is 1.00. The van der Waals surface area contributed by atoms with Gasteiger partial charge in [0.25, 0.3) is 0 Å². The summed E-state index contributed by atoms with van der Waals surface area (Å²) in [6.07, 6.45) is 14.1. The topological polar surface area (TPSA) is 98.9 Å². The summed E-state index contributed by atoms with van der Waals surface area (Å²) in [6.45, 7) is 3.58. The Labute approximate surface area is 143 Å². The number of aliphatic hydroxyl groups excluding tert-OH is 3. The van der Waals surface area contributed by atoms with Crippen LogP contribution in [0.3, 0.4) is 0 Å². The molecule has 0 aromatic heterocycles. The maximum Gasteiger partial charge on any atom is 0.0586 e. The van der Waals surface area contributed by atoms with Crippen molar-refractivity contribution < 1.29 is 15.3 Å². The summed E-state index contributed by atoms with van der Waals surface area (Å²) in [5.74, 6) is 0. The molecule has 0 radical (unpaired) electrons. The Morgan fingerprint density at radius 1 is 0.696 bits per heavy atom. The molecule has 0 spiro atoms. The standard InChI is InChI=1S/C18H39NO3.H3N/c1-2-3-4-5-6-7-8-9-10-11-12-18(17-22)19(13-15-20)14-16-21;/h18,20-22H,2-17H2,1H3;1H3. The smallest absolute Gasteiger partial charge is 0.0586 e. The molecule has 0 heterocycles. The van der Waals surface area contributed by atoms with Crippen LogP contribution in [0.25, 0.3) is 0 Å². The van der Waals surface area contributed by atoms with Gasteiger partial charge in [0.05, 0.1) is 19.8 Å². The van der Waals surface area contributed by atoms with Crippen LogP contribution in [-0.4, -0.2) is 59.2 Å². The molecule has 0 aliphatic carbocycles. The van der Waals surface area contributed by atoms with Gasteiger partial charge >= 0.3 is 0 Å². The van der Waals surface area contributed by atoms with E-state index in [1.54, 1.807) is 0 Å². The molecule has 142 valence electrons. The first-order valence-electron chi connectivity index (χ1n) is 9.36. The van der Waals surface area contributed by atoms with Gasteiger partial charge in [-0.05, 0) is 6.42 Å². The van der Waals surface area contributed by atoms with Gasteiger partial charge in [0.2, 0.25) is 0 Å². The molecule has 0 aromatic rings. The molecular formula is C18H42N2O3. The summed E-state index contributed by atoms with van der Waals surface area (Å²) in [7, 11) is 0. The van der Waals surface area contributed by atoms with Crippen LogP contribution in [0.1, 0.15) is 77.6 Å². The molecule has 0 saturated carbocycles. The van der Waals surface area contributed by atoms with Crippen LogP contribution in [0, 0.1) is 0 Å². The zero-order valence-corrected chi connectivity index (χ0v) is 15.4. The van der Waals surface area contributed by atoms with E-state index in [9.17, 15) is 5.11 Å². The van der Waals surface area contributed by atoms with E-state index in [1.807, 2.05) is 4.90 Å². The predicted octanol–water partition coefficient (Wildman–Crippen LogP) is 3.11. The summed E-state index contributed by atoms with van der Waals surface area (Å²) < 4.78 is 0. The third kappa shape index (κ3) is 15.1. The van der Waals surface area contributed by atoms with Gasteiger partial charge in [0.1, 0.15) is 0 Å². The molecule has 0 rings (SSSR count). The highest BCUT2D eigenvalue weighted by atomic mass is 16.3. The highest BCUT2D eigenvalue weighted by molar-refractivity contribution is 4.71. The van der Waals surface area contributed by atoms with E-state index >= 15 is 0 Å². The van der Waals surface area contributed by atoms with Crippen molar-refractivity contribution in [3.63, 3.8) is 0 Å². The minimum Gasteiger partial charge on any atom is -0.395 e. The molecule has 0 bridgehead atoms. The van der Waals surface area contributed by atoms with Gasteiger partial charge in [-0.25, -0.2) is 0 Å². The number of aliphatic hydroxyl groups is 3. The van der Waals surface area contributed by atoms with Crippen LogP contribution in [0.15, 0.2) is 0 Å². The van der Waals surface area contributed by atoms with Crippen molar-refractivity contribution in [3.8, 4) is 0 Å². The van der Waals surface area contributed by atoms with Crippen molar-refractivity contribution in [2.24, 2.45) is 0 Å². The van der Waals surface area contributed by atoms with E-state index in [1.165, 1.54) is 57.8 Å². The molecule has 0 aliphatic heterocycles. The van der Waals surface area contributed by atoms with Crippen LogP contribution < -0.4 is 6.15 Å². The fourth-order valence-electron chi connectivity index (χ4n) is 2.99. The average Bonchev–Trinajstić information content (AvgIpc) is 2.53. The van der Waals surface area contributed by atoms with Crippen LogP contribution in [0.2, 0.25) is 0 Å². The second-order valence-corrected chi connectivity index (χ2v) is 6.29. The van der Waals surface area contributed by atoms with Gasteiger partial charge in [0.15, 0.2) is 0 Å². The van der Waals surface area contributed by atoms with E-state index in [0.29, 0.717) is 13.1 Å². The molecule has 0 saturated heterocycles. The molecule has 0 amide bonds. The van der Waals surface area contributed by atoms with Crippen molar-refractivity contribution in [2.45, 2.75) is 83.6 Å². The van der Waals surface area contributed by atoms with Crippen molar-refractivity contribution >= 4 is 0 Å². The van der Waals surface area contributed by atoms with Crippen molar-refractivity contribution in [1.82, 2.24) is 11.1 Å². The lowest BCUT2D eigenvalue weighted by atomic mass is 10.0. The van der Waals surface area contributed by atoms with E-state index in [2.05, 4.69) is 6.92 Å². The number of hydrogen-bond acceptors (Lipinski definition) is 5. The summed E-state index contributed by atoms with van der Waals surface area (Å²) in [6, 6.07) is 0.0772. The van der Waals surface area contributed by atoms with Gasteiger partial charge in [-0.15, -0.1) is 0 Å². The maximum absolute atomic E-state index is 9.49. The minimum absolute atomic E-state index is 0. The highest BCUT2D eigenvalue weighted by Crippen LogP contribution is 2.13. The predicted molar refractivity (Wildman–Crippen MR) is 98.1 cm³/mol. The summed E-state index contributed by atoms with van der Waals surface area (Å²) in [5, 5.41) is 27.6. The first kappa shape index (κ1) is 25.0. The molecule has 0 fully saturated rings. The Kier molecular flexibility index (Phi) is 21.6. The van der Waals surface area contributed by atoms with E-state index in [4.69, 9.17) is 10.2 Å². The van der Waals surface area contributed by atoms with E-state index < -0.39 is 0 Å². The quantitative estimate of drug-likeness (QED) is 0.306. The Balaban J connectivity index is 0. The van der Waals surface area contributed by atoms with Gasteiger partial charge in [-0.1, -0.05) is 71.1 Å². The van der Waals surface area contributed by atoms with Crippen molar-refractivity contribution in [2.75, 3.05) is 32.9 Å². The Morgan fingerprint density at radius 3 is 1.52 bits per heavy atom. The summed E-state index contributed by atoms with van der Waals surface area (Å²) >= 11 is 0. The second kappa shape index (κ2) is 19.8. The molecule has 1 unspecified atom stereocenters. The highest BCUT2D eigenvalue weighted by Gasteiger charge is 2.16. The van der Waals surface area contributed by atoms with E-state index in [-0.39, 0.29) is 32.0 Å². The van der Waals surface area contributed by atoms with Crippen LogP contribution in [-0.2, 0) is 0 Å². The lowest BCUT2D eigenvalue weighted by molar-refractivity contribution is 0.0781. The van der Waals surface area contributed by atoms with Crippen LogP contribution >= 0.6 is 0 Å². The second-order valence-electron chi connectivity index (χ2n) is 6.29. The average molecular weight is 335 g/mol. The Hall–Kier alpha value is -0.200. The number of unbranched alkanes of at least 4 members (excludes halogenated alkanes) is 9. The number of rotatable bonds is 17. The van der Waals surface area contributed by atoms with Gasteiger partial charge < -0.3 is 21.5 Å². The first-order chi connectivity index (χ1) is 10.8. The number of nitrogens with zero attached hydrogens (tertiary/aromatic N) is 1. The van der Waals surface area contributed by atoms with Gasteiger partial charge in [0, 0.05) is 19.1 Å². The summed E-state index contributed by atoms with van der Waals surface area (Å²) in [4.78, 5) is 1.99. The summed E-state index contributed by atoms with van der Waals surface area (Å²) in [5.41, 5.74) is 0. The maximum atomic E-state index is 9.49. The molecule has 6 N–H and O–H groups in total. The molecule has 5 heteroatoms. The van der Waals surface area contributed by atoms with E-state index in [0.717, 1.165) is 12.8 Å². The van der Waals surface area contributed by atoms with Crippen molar-refractivity contribution in [1.29, 1.82) is 0 Å². The molecule has 23 heavy (non-hydrogen) atoms. The normalized spacial score (nSPS) is 12.4. The fourth-order valence-corrected chi connectivity index (χ4v) is 2.99. The van der Waals surface area contributed by atoms with Crippen LogP contribution in [0.5, 0.6) is 0 Å². The third-order valence-corrected chi connectivity index (χ3v) is 4.39. The minimum atomic E-state index is 0. The zero-order valence-electron chi connectivity index (χ0n) is 15.4. The largest absolute Gasteiger partial charge is 0.395 e. The Morgan fingerprint density at radius 2 is 1.13 bits per heavy atom. The van der Waals surface area contributed by atoms with Gasteiger partial charge in [-0.2, -0.15) is 0 Å².